The Morgan fingerprint density at radius 1 is 0.525 bits per heavy atom. The van der Waals surface area contributed by atoms with Crippen molar-refractivity contribution >= 4 is 21.8 Å². The molecule has 1 N–H and O–H groups in total. The fraction of sp³-hybridized carbons (Fsp3) is 0. The number of benzene rings is 5. The Labute approximate surface area is 229 Å². The number of aromatic nitrogens is 2. The fourth-order valence-electron chi connectivity index (χ4n) is 5.10. The van der Waals surface area contributed by atoms with Crippen molar-refractivity contribution in [1.29, 1.82) is 0 Å². The number of aromatic amines is 1. The summed E-state index contributed by atoms with van der Waals surface area (Å²) < 4.78 is 34.7. The highest BCUT2D eigenvalue weighted by atomic mass is 19.1. The minimum absolute atomic E-state index is 0.277. The van der Waals surface area contributed by atoms with Crippen molar-refractivity contribution in [2.24, 2.45) is 0 Å². The molecule has 0 amide bonds. The summed E-state index contributed by atoms with van der Waals surface area (Å²) in [7, 11) is 0. The van der Waals surface area contributed by atoms with Gasteiger partial charge in [-0.3, -0.25) is 0 Å². The first-order valence-corrected chi connectivity index (χ1v) is 12.9. The highest BCUT2D eigenvalue weighted by Gasteiger charge is 2.15. The number of hydrogen-bond acceptors (Lipinski definition) is 2. The molecule has 0 fully saturated rings. The number of hydrogen-bond donors (Lipinski definition) is 1. The fourth-order valence-corrected chi connectivity index (χ4v) is 5.10. The maximum Gasteiger partial charge on any atom is 0.219 e. The Kier molecular flexibility index (Phi) is 5.82. The van der Waals surface area contributed by atoms with Crippen LogP contribution in [0.25, 0.3) is 55.3 Å². The van der Waals surface area contributed by atoms with Gasteiger partial charge in [-0.15, -0.1) is 0 Å². The van der Waals surface area contributed by atoms with Gasteiger partial charge in [0, 0.05) is 34.0 Å². The largest absolute Gasteiger partial charge is 0.437 e. The van der Waals surface area contributed by atoms with Crippen molar-refractivity contribution < 1.29 is 13.5 Å². The molecule has 0 aliphatic rings. The number of nitrogens with one attached hydrogen (secondary N) is 1. The van der Waals surface area contributed by atoms with E-state index in [1.807, 2.05) is 48.5 Å². The minimum atomic E-state index is -0.480. The Balaban J connectivity index is 1.32. The van der Waals surface area contributed by atoms with Crippen LogP contribution in [0.15, 0.2) is 127 Å². The van der Waals surface area contributed by atoms with Crippen LogP contribution in [0.4, 0.5) is 8.78 Å². The molecule has 0 radical (unpaired) electrons. The zero-order valence-corrected chi connectivity index (χ0v) is 21.2. The number of pyridine rings is 1. The van der Waals surface area contributed by atoms with Gasteiger partial charge in [-0.1, -0.05) is 66.7 Å². The number of H-pyrrole nitrogens is 1. The minimum Gasteiger partial charge on any atom is -0.437 e. The van der Waals surface area contributed by atoms with Gasteiger partial charge in [-0.25, -0.2) is 13.8 Å². The number of halogens is 2. The van der Waals surface area contributed by atoms with Crippen LogP contribution in [-0.4, -0.2) is 9.97 Å². The molecule has 2 aromatic heterocycles. The van der Waals surface area contributed by atoms with Gasteiger partial charge in [0.05, 0.1) is 11.2 Å². The van der Waals surface area contributed by atoms with Gasteiger partial charge in [0.25, 0.3) is 0 Å². The van der Waals surface area contributed by atoms with E-state index in [4.69, 9.17) is 9.72 Å². The zero-order valence-electron chi connectivity index (χ0n) is 21.2. The molecule has 0 atom stereocenters. The predicted molar refractivity (Wildman–Crippen MR) is 156 cm³/mol. The van der Waals surface area contributed by atoms with E-state index in [-0.39, 0.29) is 11.6 Å². The van der Waals surface area contributed by atoms with E-state index in [0.29, 0.717) is 27.7 Å². The van der Waals surface area contributed by atoms with Crippen LogP contribution >= 0.6 is 0 Å². The van der Waals surface area contributed by atoms with E-state index in [1.165, 1.54) is 24.3 Å². The summed E-state index contributed by atoms with van der Waals surface area (Å²) in [6, 6.07) is 39.5. The summed E-state index contributed by atoms with van der Waals surface area (Å²) in [6.45, 7) is 0. The van der Waals surface area contributed by atoms with Gasteiger partial charge >= 0.3 is 0 Å². The second-order valence-corrected chi connectivity index (χ2v) is 9.64. The molecule has 7 rings (SSSR count). The van der Waals surface area contributed by atoms with Gasteiger partial charge in [0.1, 0.15) is 11.6 Å². The van der Waals surface area contributed by atoms with Crippen molar-refractivity contribution in [3.8, 4) is 45.1 Å². The van der Waals surface area contributed by atoms with E-state index in [9.17, 15) is 8.78 Å². The van der Waals surface area contributed by atoms with Crippen molar-refractivity contribution in [1.82, 2.24) is 9.97 Å². The molecule has 0 bridgehead atoms. The molecular formula is C35H22F2N2O. The van der Waals surface area contributed by atoms with E-state index in [1.54, 1.807) is 12.1 Å². The van der Waals surface area contributed by atoms with Gasteiger partial charge in [0.15, 0.2) is 5.75 Å². The molecule has 0 spiro atoms. The topological polar surface area (TPSA) is 37.9 Å². The van der Waals surface area contributed by atoms with E-state index in [2.05, 4.69) is 47.4 Å². The summed E-state index contributed by atoms with van der Waals surface area (Å²) in [5, 5.41) is 1.14. The lowest BCUT2D eigenvalue weighted by molar-refractivity contribution is 0.463. The van der Waals surface area contributed by atoms with Crippen LogP contribution < -0.4 is 4.74 Å². The third-order valence-electron chi connectivity index (χ3n) is 6.98. The van der Waals surface area contributed by atoms with Crippen molar-refractivity contribution in [3.05, 3.63) is 139 Å². The maximum atomic E-state index is 14.7. The van der Waals surface area contributed by atoms with Crippen LogP contribution in [0.3, 0.4) is 0 Å². The summed E-state index contributed by atoms with van der Waals surface area (Å²) in [6.07, 6.45) is 0. The molecule has 0 aliphatic heterocycles. The van der Waals surface area contributed by atoms with E-state index < -0.39 is 5.82 Å². The first kappa shape index (κ1) is 23.8. The Morgan fingerprint density at radius 3 is 1.88 bits per heavy atom. The smallest absolute Gasteiger partial charge is 0.219 e. The van der Waals surface area contributed by atoms with Crippen molar-refractivity contribution in [2.75, 3.05) is 0 Å². The molecule has 192 valence electrons. The third-order valence-corrected chi connectivity index (χ3v) is 6.98. The Hall–Kier alpha value is -5.29. The molecular weight excluding hydrogens is 502 g/mol. The van der Waals surface area contributed by atoms with Gasteiger partial charge in [-0.05, 0) is 70.8 Å². The zero-order chi connectivity index (χ0) is 27.1. The average molecular weight is 525 g/mol. The molecule has 2 heterocycles. The molecule has 0 saturated heterocycles. The predicted octanol–water partition coefficient (Wildman–Crippen LogP) is 9.79. The number of fused-ring (bicyclic) bond motifs is 3. The second kappa shape index (κ2) is 9.79. The molecule has 0 aliphatic carbocycles. The van der Waals surface area contributed by atoms with Crippen molar-refractivity contribution in [2.45, 2.75) is 0 Å². The molecule has 40 heavy (non-hydrogen) atoms. The average Bonchev–Trinajstić information content (AvgIpc) is 3.36. The first-order chi connectivity index (χ1) is 19.6. The SMILES string of the molecule is Fc1ccc2[nH]c3c(Oc4cccc(-c5cc(-c6ccccc6)cc(-c6ccccc6)c5)n4)cc(F)cc3c2c1. The number of ether oxygens (including phenoxy) is 1. The van der Waals surface area contributed by atoms with E-state index >= 15 is 0 Å². The lowest BCUT2D eigenvalue weighted by Gasteiger charge is -2.12. The number of nitrogens with zero attached hydrogens (tertiary/aromatic N) is 1. The Bertz CT molecular complexity index is 1940. The van der Waals surface area contributed by atoms with Gasteiger partial charge < -0.3 is 9.72 Å². The monoisotopic (exact) mass is 524 g/mol. The molecule has 0 unspecified atom stereocenters. The lowest BCUT2D eigenvalue weighted by atomic mass is 9.95. The highest BCUT2D eigenvalue weighted by Crippen LogP contribution is 2.37. The molecule has 0 saturated carbocycles. The summed E-state index contributed by atoms with van der Waals surface area (Å²) in [5.74, 6) is -0.270. The summed E-state index contributed by atoms with van der Waals surface area (Å²) in [5.41, 5.74) is 7.27. The Morgan fingerprint density at radius 2 is 1.18 bits per heavy atom. The standard InChI is InChI=1S/C35H22F2N2O/c36-27-14-15-32-29(19-27)30-20-28(37)21-33(35(30)39-32)40-34-13-7-12-31(38-34)26-17-24(22-8-3-1-4-9-22)16-25(18-26)23-10-5-2-6-11-23/h1-21,39H. The molecule has 5 heteroatoms. The van der Waals surface area contributed by atoms with E-state index in [0.717, 1.165) is 33.5 Å². The molecule has 5 aromatic carbocycles. The van der Waals surface area contributed by atoms with Crippen LogP contribution in [-0.2, 0) is 0 Å². The summed E-state index contributed by atoms with van der Waals surface area (Å²) in [4.78, 5) is 8.03. The molecule has 7 aromatic rings. The van der Waals surface area contributed by atoms with Gasteiger partial charge in [0.2, 0.25) is 5.88 Å². The quantitative estimate of drug-likeness (QED) is 0.243. The van der Waals surface area contributed by atoms with Crippen molar-refractivity contribution in [3.63, 3.8) is 0 Å². The van der Waals surface area contributed by atoms with Gasteiger partial charge in [-0.2, -0.15) is 0 Å². The summed E-state index contributed by atoms with van der Waals surface area (Å²) >= 11 is 0. The molecule has 3 nitrogen and oxygen atoms in total. The second-order valence-electron chi connectivity index (χ2n) is 9.64. The normalized spacial score (nSPS) is 11.2. The first-order valence-electron chi connectivity index (χ1n) is 12.9. The lowest BCUT2D eigenvalue weighted by Crippen LogP contribution is -1.93. The van der Waals surface area contributed by atoms with Crippen LogP contribution in [0.1, 0.15) is 0 Å². The maximum absolute atomic E-state index is 14.7. The number of rotatable bonds is 5. The van der Waals surface area contributed by atoms with Crippen LogP contribution in [0.2, 0.25) is 0 Å². The van der Waals surface area contributed by atoms with Crippen LogP contribution in [0, 0.1) is 11.6 Å². The van der Waals surface area contributed by atoms with Crippen LogP contribution in [0.5, 0.6) is 11.6 Å². The third kappa shape index (κ3) is 4.48. The highest BCUT2D eigenvalue weighted by molar-refractivity contribution is 6.09.